The molecule has 0 aliphatic carbocycles. The van der Waals surface area contributed by atoms with Gasteiger partial charge in [-0.15, -0.1) is 0 Å². The average Bonchev–Trinajstić information content (AvgIpc) is 2.18. The van der Waals surface area contributed by atoms with E-state index in [0.29, 0.717) is 0 Å². The minimum Gasteiger partial charge on any atom is -0.359 e. The predicted octanol–water partition coefficient (Wildman–Crippen LogP) is 3.20. The molecule has 1 rings (SSSR count). The van der Waals surface area contributed by atoms with Crippen molar-refractivity contribution in [3.05, 3.63) is 35.4 Å². The molecule has 1 aromatic rings. The molecule has 0 unspecified atom stereocenters. The summed E-state index contributed by atoms with van der Waals surface area (Å²) in [6.07, 6.45) is 1.90. The average molecular weight is 204 g/mol. The van der Waals surface area contributed by atoms with Gasteiger partial charge >= 0.3 is 0 Å². The van der Waals surface area contributed by atoms with E-state index in [2.05, 4.69) is 38.1 Å². The zero-order valence-electron chi connectivity index (χ0n) is 9.88. The van der Waals surface area contributed by atoms with Crippen molar-refractivity contribution in [3.8, 4) is 0 Å². The zero-order chi connectivity index (χ0) is 11.3. The van der Waals surface area contributed by atoms with Crippen LogP contribution in [0.15, 0.2) is 24.3 Å². The van der Waals surface area contributed by atoms with Crippen LogP contribution in [0.25, 0.3) is 0 Å². The van der Waals surface area contributed by atoms with Crippen LogP contribution in [-0.4, -0.2) is 17.8 Å². The second-order valence-electron chi connectivity index (χ2n) is 4.04. The van der Waals surface area contributed by atoms with Gasteiger partial charge in [-0.25, -0.2) is 0 Å². The highest BCUT2D eigenvalue weighted by molar-refractivity contribution is 5.78. The maximum Gasteiger partial charge on any atom is 0.0957 e. The Labute approximate surface area is 92.4 Å². The van der Waals surface area contributed by atoms with Crippen molar-refractivity contribution in [2.45, 2.75) is 33.2 Å². The molecule has 2 heteroatoms. The first-order valence-electron chi connectivity index (χ1n) is 5.47. The molecule has 1 aromatic carbocycles. The fourth-order valence-electron chi connectivity index (χ4n) is 1.61. The lowest BCUT2D eigenvalue weighted by Crippen LogP contribution is -2.25. The molecule has 1 N–H and O–H groups in total. The molecule has 15 heavy (non-hydrogen) atoms. The van der Waals surface area contributed by atoms with Gasteiger partial charge in [-0.3, -0.25) is 5.41 Å². The van der Waals surface area contributed by atoms with E-state index in [0.717, 1.165) is 25.2 Å². The third-order valence-corrected chi connectivity index (χ3v) is 2.45. The van der Waals surface area contributed by atoms with E-state index in [1.165, 1.54) is 11.1 Å². The first kappa shape index (κ1) is 11.8. The molecule has 0 atom stereocenters. The van der Waals surface area contributed by atoms with Gasteiger partial charge in [0.1, 0.15) is 0 Å². The van der Waals surface area contributed by atoms with Crippen LogP contribution in [0.1, 0.15) is 30.9 Å². The molecule has 0 radical (unpaired) electrons. The number of rotatable bonds is 4. The molecule has 0 aromatic heterocycles. The van der Waals surface area contributed by atoms with Crippen LogP contribution in [-0.2, 0) is 6.54 Å². The van der Waals surface area contributed by atoms with Crippen LogP contribution >= 0.6 is 0 Å². The molecule has 0 heterocycles. The number of aryl methyl sites for hydroxylation is 1. The fourth-order valence-corrected chi connectivity index (χ4v) is 1.61. The summed E-state index contributed by atoms with van der Waals surface area (Å²) in [6.45, 7) is 5.04. The van der Waals surface area contributed by atoms with Crippen LogP contribution in [0.5, 0.6) is 0 Å². The summed E-state index contributed by atoms with van der Waals surface area (Å²) >= 11 is 0. The zero-order valence-corrected chi connectivity index (χ0v) is 9.88. The molecule has 0 saturated carbocycles. The Hall–Kier alpha value is -1.31. The summed E-state index contributed by atoms with van der Waals surface area (Å²) < 4.78 is 0. The summed E-state index contributed by atoms with van der Waals surface area (Å²) in [5, 5.41) is 7.82. The lowest BCUT2D eigenvalue weighted by atomic mass is 10.1. The first-order chi connectivity index (χ1) is 7.13. The standard InChI is InChI=1S/C13H20N2/c1-4-6-13(14)15(3)10-12-8-5-7-11(2)9-12/h5,7-9,14H,4,6,10H2,1-3H3. The highest BCUT2D eigenvalue weighted by Gasteiger charge is 2.03. The number of amidine groups is 1. The van der Waals surface area contributed by atoms with Gasteiger partial charge in [0.25, 0.3) is 0 Å². The number of nitrogens with one attached hydrogen (secondary N) is 1. The number of nitrogens with zero attached hydrogens (tertiary/aromatic N) is 1. The van der Waals surface area contributed by atoms with Crippen molar-refractivity contribution in [2.24, 2.45) is 0 Å². The Morgan fingerprint density at radius 1 is 1.40 bits per heavy atom. The van der Waals surface area contributed by atoms with Gasteiger partial charge in [-0.05, 0) is 18.9 Å². The summed E-state index contributed by atoms with van der Waals surface area (Å²) in [6, 6.07) is 8.46. The van der Waals surface area contributed by atoms with Crippen LogP contribution in [0.3, 0.4) is 0 Å². The largest absolute Gasteiger partial charge is 0.359 e. The highest BCUT2D eigenvalue weighted by Crippen LogP contribution is 2.07. The maximum atomic E-state index is 7.82. The minimum absolute atomic E-state index is 0.721. The number of benzene rings is 1. The van der Waals surface area contributed by atoms with Gasteiger partial charge in [0.15, 0.2) is 0 Å². The van der Waals surface area contributed by atoms with Gasteiger partial charge in [0.05, 0.1) is 5.84 Å². The van der Waals surface area contributed by atoms with Crippen LogP contribution in [0, 0.1) is 12.3 Å². The SMILES string of the molecule is CCCC(=N)N(C)Cc1cccc(C)c1. The molecule has 0 bridgehead atoms. The topological polar surface area (TPSA) is 27.1 Å². The van der Waals surface area contributed by atoms with Gasteiger partial charge in [0.2, 0.25) is 0 Å². The van der Waals surface area contributed by atoms with Gasteiger partial charge in [-0.1, -0.05) is 36.8 Å². The third-order valence-electron chi connectivity index (χ3n) is 2.45. The Bertz CT molecular complexity index is 331. The summed E-state index contributed by atoms with van der Waals surface area (Å²) in [5.74, 6) is 0.721. The second kappa shape index (κ2) is 5.54. The smallest absolute Gasteiger partial charge is 0.0957 e. The van der Waals surface area contributed by atoms with E-state index < -0.39 is 0 Å². The monoisotopic (exact) mass is 204 g/mol. The molecular formula is C13H20N2. The molecule has 0 amide bonds. The summed E-state index contributed by atoms with van der Waals surface area (Å²) in [4.78, 5) is 2.01. The van der Waals surface area contributed by atoms with Crippen molar-refractivity contribution in [2.75, 3.05) is 7.05 Å². The van der Waals surface area contributed by atoms with E-state index in [4.69, 9.17) is 5.41 Å². The van der Waals surface area contributed by atoms with Gasteiger partial charge < -0.3 is 4.90 Å². The van der Waals surface area contributed by atoms with Crippen molar-refractivity contribution in [3.63, 3.8) is 0 Å². The first-order valence-corrected chi connectivity index (χ1v) is 5.47. The second-order valence-corrected chi connectivity index (χ2v) is 4.04. The molecule has 0 fully saturated rings. The summed E-state index contributed by atoms with van der Waals surface area (Å²) in [5.41, 5.74) is 2.56. The molecule has 82 valence electrons. The van der Waals surface area contributed by atoms with E-state index in [1.54, 1.807) is 0 Å². The number of hydrogen-bond donors (Lipinski definition) is 1. The van der Waals surface area contributed by atoms with Crippen molar-refractivity contribution in [1.82, 2.24) is 4.90 Å². The van der Waals surface area contributed by atoms with E-state index in [9.17, 15) is 0 Å². The molecule has 0 aliphatic heterocycles. The van der Waals surface area contributed by atoms with Crippen molar-refractivity contribution >= 4 is 5.84 Å². The quantitative estimate of drug-likeness (QED) is 0.592. The Balaban J connectivity index is 2.58. The van der Waals surface area contributed by atoms with Crippen LogP contribution in [0.4, 0.5) is 0 Å². The van der Waals surface area contributed by atoms with Gasteiger partial charge in [0, 0.05) is 20.0 Å². The lowest BCUT2D eigenvalue weighted by molar-refractivity contribution is 0.483. The molecular weight excluding hydrogens is 184 g/mol. The van der Waals surface area contributed by atoms with E-state index in [1.807, 2.05) is 11.9 Å². The summed E-state index contributed by atoms with van der Waals surface area (Å²) in [7, 11) is 1.99. The Morgan fingerprint density at radius 2 is 2.13 bits per heavy atom. The molecule has 0 saturated heterocycles. The fraction of sp³-hybridized carbons (Fsp3) is 0.462. The Morgan fingerprint density at radius 3 is 2.73 bits per heavy atom. The van der Waals surface area contributed by atoms with Crippen molar-refractivity contribution in [1.29, 1.82) is 5.41 Å². The van der Waals surface area contributed by atoms with E-state index >= 15 is 0 Å². The Kier molecular flexibility index (Phi) is 4.35. The number of hydrogen-bond acceptors (Lipinski definition) is 1. The normalized spacial score (nSPS) is 10.1. The molecule has 0 aliphatic rings. The maximum absolute atomic E-state index is 7.82. The van der Waals surface area contributed by atoms with Gasteiger partial charge in [-0.2, -0.15) is 0 Å². The molecule has 0 spiro atoms. The van der Waals surface area contributed by atoms with Crippen LogP contribution < -0.4 is 0 Å². The lowest BCUT2D eigenvalue weighted by Gasteiger charge is -2.19. The highest BCUT2D eigenvalue weighted by atomic mass is 15.1. The minimum atomic E-state index is 0.721. The molecule has 2 nitrogen and oxygen atoms in total. The van der Waals surface area contributed by atoms with Crippen molar-refractivity contribution < 1.29 is 0 Å². The predicted molar refractivity (Wildman–Crippen MR) is 65.3 cm³/mol. The van der Waals surface area contributed by atoms with E-state index in [-0.39, 0.29) is 0 Å². The third kappa shape index (κ3) is 3.74. The van der Waals surface area contributed by atoms with Crippen LogP contribution in [0.2, 0.25) is 0 Å².